The van der Waals surface area contributed by atoms with E-state index in [-0.39, 0.29) is 11.4 Å². The lowest BCUT2D eigenvalue weighted by Gasteiger charge is -2.05. The summed E-state index contributed by atoms with van der Waals surface area (Å²) >= 11 is 0. The van der Waals surface area contributed by atoms with Crippen molar-refractivity contribution < 1.29 is 9.90 Å². The smallest absolute Gasteiger partial charge is 0.278 e. The quantitative estimate of drug-likeness (QED) is 0.838. The molecule has 1 amide bonds. The average molecular weight is 239 g/mol. The van der Waals surface area contributed by atoms with Crippen molar-refractivity contribution in [2.24, 2.45) is 0 Å². The van der Waals surface area contributed by atoms with Crippen molar-refractivity contribution in [2.45, 2.75) is 0 Å². The summed E-state index contributed by atoms with van der Waals surface area (Å²) < 4.78 is 0. The lowest BCUT2D eigenvalue weighted by atomic mass is 10.2. The van der Waals surface area contributed by atoms with E-state index in [1.54, 1.807) is 24.3 Å². The van der Waals surface area contributed by atoms with Crippen molar-refractivity contribution in [1.29, 1.82) is 5.26 Å². The van der Waals surface area contributed by atoms with Gasteiger partial charge in [-0.15, -0.1) is 0 Å². The van der Waals surface area contributed by atoms with Gasteiger partial charge in [0.15, 0.2) is 5.69 Å². The summed E-state index contributed by atoms with van der Waals surface area (Å²) in [6.07, 6.45) is 1.42. The van der Waals surface area contributed by atoms with E-state index < -0.39 is 5.91 Å². The van der Waals surface area contributed by atoms with Crippen molar-refractivity contribution in [1.82, 2.24) is 4.98 Å². The zero-order valence-electron chi connectivity index (χ0n) is 9.29. The molecular weight excluding hydrogens is 230 g/mol. The van der Waals surface area contributed by atoms with Crippen LogP contribution in [-0.4, -0.2) is 16.0 Å². The molecule has 5 nitrogen and oxygen atoms in total. The third-order valence-corrected chi connectivity index (χ3v) is 2.27. The third-order valence-electron chi connectivity index (χ3n) is 2.27. The van der Waals surface area contributed by atoms with Gasteiger partial charge in [0.05, 0.1) is 11.6 Å². The highest BCUT2D eigenvalue weighted by molar-refractivity contribution is 6.04. The van der Waals surface area contributed by atoms with Crippen LogP contribution in [0, 0.1) is 11.3 Å². The molecule has 0 saturated carbocycles. The Morgan fingerprint density at radius 1 is 1.28 bits per heavy atom. The van der Waals surface area contributed by atoms with Crippen LogP contribution in [0.3, 0.4) is 0 Å². The van der Waals surface area contributed by atoms with Gasteiger partial charge in [0, 0.05) is 11.9 Å². The Morgan fingerprint density at radius 2 is 2.00 bits per heavy atom. The first-order valence-electron chi connectivity index (χ1n) is 5.16. The van der Waals surface area contributed by atoms with Crippen molar-refractivity contribution in [3.63, 3.8) is 0 Å². The number of aromatic nitrogens is 1. The van der Waals surface area contributed by atoms with Gasteiger partial charge in [0.25, 0.3) is 5.91 Å². The van der Waals surface area contributed by atoms with Gasteiger partial charge in [-0.3, -0.25) is 4.79 Å². The summed E-state index contributed by atoms with van der Waals surface area (Å²) in [5, 5.41) is 20.7. The number of benzene rings is 1. The summed E-state index contributed by atoms with van der Waals surface area (Å²) in [6, 6.07) is 11.3. The number of nitrogens with zero attached hydrogens (tertiary/aromatic N) is 2. The molecule has 0 saturated heterocycles. The number of nitrogens with one attached hydrogen (secondary N) is 1. The second kappa shape index (κ2) is 4.97. The monoisotopic (exact) mass is 239 g/mol. The number of carbonyl (C=O) groups is 1. The van der Waals surface area contributed by atoms with Crippen LogP contribution in [-0.2, 0) is 0 Å². The molecule has 0 aliphatic carbocycles. The number of hydrogen-bond donors (Lipinski definition) is 2. The van der Waals surface area contributed by atoms with Crippen molar-refractivity contribution in [3.05, 3.63) is 53.9 Å². The first-order chi connectivity index (χ1) is 8.70. The first-order valence-corrected chi connectivity index (χ1v) is 5.16. The van der Waals surface area contributed by atoms with E-state index in [2.05, 4.69) is 10.3 Å². The van der Waals surface area contributed by atoms with Gasteiger partial charge in [0.1, 0.15) is 5.75 Å². The van der Waals surface area contributed by atoms with Crippen molar-refractivity contribution in [3.8, 4) is 11.8 Å². The third kappa shape index (κ3) is 2.44. The summed E-state index contributed by atoms with van der Waals surface area (Å²) in [7, 11) is 0. The number of carbonyl (C=O) groups excluding carboxylic acids is 1. The van der Waals surface area contributed by atoms with Crippen LogP contribution < -0.4 is 5.32 Å². The zero-order chi connectivity index (χ0) is 13.0. The number of anilines is 1. The van der Waals surface area contributed by atoms with Crippen molar-refractivity contribution in [2.75, 3.05) is 5.32 Å². The molecule has 1 aromatic carbocycles. The van der Waals surface area contributed by atoms with Gasteiger partial charge in [-0.2, -0.15) is 5.26 Å². The van der Waals surface area contributed by atoms with E-state index in [0.717, 1.165) is 0 Å². The van der Waals surface area contributed by atoms with Crippen LogP contribution in [0.4, 0.5) is 5.69 Å². The summed E-state index contributed by atoms with van der Waals surface area (Å²) in [4.78, 5) is 15.6. The minimum Gasteiger partial charge on any atom is -0.505 e. The highest BCUT2D eigenvalue weighted by Crippen LogP contribution is 2.15. The van der Waals surface area contributed by atoms with Crippen LogP contribution in [0.25, 0.3) is 0 Å². The molecule has 0 bridgehead atoms. The van der Waals surface area contributed by atoms with E-state index in [0.29, 0.717) is 11.3 Å². The Kier molecular flexibility index (Phi) is 3.21. The number of rotatable bonds is 2. The van der Waals surface area contributed by atoms with Crippen LogP contribution >= 0.6 is 0 Å². The molecule has 0 spiro atoms. The largest absolute Gasteiger partial charge is 0.505 e. The first kappa shape index (κ1) is 11.6. The minimum absolute atomic E-state index is 0.0399. The molecule has 5 heteroatoms. The number of amides is 1. The molecule has 0 unspecified atom stereocenters. The minimum atomic E-state index is -0.502. The second-order valence-electron chi connectivity index (χ2n) is 3.51. The lowest BCUT2D eigenvalue weighted by Crippen LogP contribution is -2.13. The molecule has 0 aliphatic rings. The molecule has 2 rings (SSSR count). The van der Waals surface area contributed by atoms with Crippen LogP contribution in [0.15, 0.2) is 42.6 Å². The highest BCUT2D eigenvalue weighted by Gasteiger charge is 2.11. The Morgan fingerprint density at radius 3 is 2.61 bits per heavy atom. The standard InChI is InChI=1S/C13H9N3O2/c14-8-9-3-5-10(6-4-9)16-13(18)12-11(17)2-1-7-15-12/h1-7,17H,(H,16,18). The highest BCUT2D eigenvalue weighted by atomic mass is 16.3. The molecule has 1 aromatic heterocycles. The fourth-order valence-electron chi connectivity index (χ4n) is 1.39. The molecule has 0 atom stereocenters. The van der Waals surface area contributed by atoms with Crippen LogP contribution in [0.5, 0.6) is 5.75 Å². The Bertz CT molecular complexity index is 615. The number of nitriles is 1. The zero-order valence-corrected chi connectivity index (χ0v) is 9.29. The van der Waals surface area contributed by atoms with Crippen LogP contribution in [0.1, 0.15) is 16.1 Å². The summed E-state index contributed by atoms with van der Waals surface area (Å²) in [6.45, 7) is 0. The van der Waals surface area contributed by atoms with E-state index in [4.69, 9.17) is 5.26 Å². The molecule has 0 aliphatic heterocycles. The fourth-order valence-corrected chi connectivity index (χ4v) is 1.39. The molecule has 1 heterocycles. The summed E-state index contributed by atoms with van der Waals surface area (Å²) in [5.41, 5.74) is 1.000. The topological polar surface area (TPSA) is 86.0 Å². The van der Waals surface area contributed by atoms with E-state index in [1.165, 1.54) is 18.3 Å². The molecule has 18 heavy (non-hydrogen) atoms. The second-order valence-corrected chi connectivity index (χ2v) is 3.51. The van der Waals surface area contributed by atoms with Gasteiger partial charge in [-0.05, 0) is 36.4 Å². The Balaban J connectivity index is 2.17. The maximum absolute atomic E-state index is 11.8. The summed E-state index contributed by atoms with van der Waals surface area (Å²) in [5.74, 6) is -0.679. The maximum atomic E-state index is 11.8. The number of aromatic hydroxyl groups is 1. The van der Waals surface area contributed by atoms with Crippen molar-refractivity contribution >= 4 is 11.6 Å². The van der Waals surface area contributed by atoms with Gasteiger partial charge >= 0.3 is 0 Å². The predicted octanol–water partition coefficient (Wildman–Crippen LogP) is 1.91. The average Bonchev–Trinajstić information content (AvgIpc) is 2.40. The van der Waals surface area contributed by atoms with Gasteiger partial charge in [0.2, 0.25) is 0 Å². The van der Waals surface area contributed by atoms with Gasteiger partial charge < -0.3 is 10.4 Å². The van der Waals surface area contributed by atoms with E-state index >= 15 is 0 Å². The van der Waals surface area contributed by atoms with Gasteiger partial charge in [-0.1, -0.05) is 0 Å². The molecule has 2 N–H and O–H groups in total. The normalized spacial score (nSPS) is 9.50. The van der Waals surface area contributed by atoms with E-state index in [1.807, 2.05) is 6.07 Å². The Hall–Kier alpha value is -2.87. The van der Waals surface area contributed by atoms with Crippen LogP contribution in [0.2, 0.25) is 0 Å². The van der Waals surface area contributed by atoms with Gasteiger partial charge in [-0.25, -0.2) is 4.98 Å². The molecule has 0 radical (unpaired) electrons. The molecule has 88 valence electrons. The number of hydrogen-bond acceptors (Lipinski definition) is 4. The lowest BCUT2D eigenvalue weighted by molar-refractivity contribution is 0.101. The predicted molar refractivity (Wildman–Crippen MR) is 65.0 cm³/mol. The molecule has 2 aromatic rings. The Labute approximate surface area is 103 Å². The molecule has 0 fully saturated rings. The SMILES string of the molecule is N#Cc1ccc(NC(=O)c2ncccc2O)cc1. The fraction of sp³-hybridized carbons (Fsp3) is 0. The molecular formula is C13H9N3O2. The van der Waals surface area contributed by atoms with E-state index in [9.17, 15) is 9.90 Å². The maximum Gasteiger partial charge on any atom is 0.278 e. The number of pyridine rings is 1.